The van der Waals surface area contributed by atoms with Crippen LogP contribution in [0.2, 0.25) is 0 Å². The molecule has 0 unspecified atom stereocenters. The average Bonchev–Trinajstić information content (AvgIpc) is 3.30. The summed E-state index contributed by atoms with van der Waals surface area (Å²) < 4.78 is 49.9. The molecule has 0 spiro atoms. The van der Waals surface area contributed by atoms with E-state index in [1.807, 2.05) is 18.2 Å². The van der Waals surface area contributed by atoms with Gasteiger partial charge < -0.3 is 19.7 Å². The molecule has 0 radical (unpaired) electrons. The number of carbonyl (C=O) groups is 1. The van der Waals surface area contributed by atoms with Crippen molar-refractivity contribution < 1.29 is 27.4 Å². The molecule has 2 aromatic rings. The van der Waals surface area contributed by atoms with Crippen molar-refractivity contribution in [3.63, 3.8) is 0 Å². The van der Waals surface area contributed by atoms with Crippen molar-refractivity contribution in [1.29, 1.82) is 0 Å². The van der Waals surface area contributed by atoms with Crippen LogP contribution in [0.25, 0.3) is 0 Å². The molecule has 2 aliphatic heterocycles. The van der Waals surface area contributed by atoms with E-state index in [1.54, 1.807) is 0 Å². The molecule has 4 rings (SSSR count). The number of likely N-dealkylation sites (tertiary alicyclic amines) is 1. The zero-order valence-electron chi connectivity index (χ0n) is 14.3. The van der Waals surface area contributed by atoms with E-state index in [4.69, 9.17) is 9.47 Å². The summed E-state index contributed by atoms with van der Waals surface area (Å²) in [6, 6.07) is 10.1. The van der Waals surface area contributed by atoms with Gasteiger partial charge in [-0.25, -0.2) is 4.79 Å². The molecule has 1 N–H and O–H groups in total. The minimum Gasteiger partial charge on any atom is -0.454 e. The monoisotopic (exact) mass is 378 g/mol. The van der Waals surface area contributed by atoms with Crippen molar-refractivity contribution >= 4 is 11.7 Å². The van der Waals surface area contributed by atoms with E-state index in [0.717, 1.165) is 18.1 Å². The van der Waals surface area contributed by atoms with Crippen molar-refractivity contribution in [3.8, 4) is 11.5 Å². The third kappa shape index (κ3) is 3.51. The molecule has 0 aromatic heterocycles. The number of nitrogens with one attached hydrogen (secondary N) is 1. The largest absolute Gasteiger partial charge is 0.454 e. The molecule has 2 aliphatic rings. The molecule has 5 nitrogen and oxygen atoms in total. The van der Waals surface area contributed by atoms with E-state index >= 15 is 0 Å². The molecule has 0 bridgehead atoms. The van der Waals surface area contributed by atoms with Crippen LogP contribution in [0, 0.1) is 0 Å². The Morgan fingerprint density at radius 2 is 1.89 bits per heavy atom. The number of benzene rings is 2. The summed E-state index contributed by atoms with van der Waals surface area (Å²) in [7, 11) is 0. The maximum Gasteiger partial charge on any atom is 0.418 e. The predicted octanol–water partition coefficient (Wildman–Crippen LogP) is 4.46. The van der Waals surface area contributed by atoms with Crippen LogP contribution >= 0.6 is 0 Å². The number of nitrogens with zero attached hydrogens (tertiary/aromatic N) is 1. The number of amides is 2. The zero-order chi connectivity index (χ0) is 19.0. The smallest absolute Gasteiger partial charge is 0.418 e. The number of rotatable bonds is 2. The summed E-state index contributed by atoms with van der Waals surface area (Å²) in [5.74, 6) is 1.47. The van der Waals surface area contributed by atoms with E-state index < -0.39 is 17.8 Å². The summed E-state index contributed by atoms with van der Waals surface area (Å²) in [5, 5.41) is 2.39. The van der Waals surface area contributed by atoms with Crippen LogP contribution in [0.15, 0.2) is 42.5 Å². The van der Waals surface area contributed by atoms with Gasteiger partial charge in [-0.1, -0.05) is 18.2 Å². The molecule has 2 amide bonds. The number of carbonyl (C=O) groups excluding carboxylic acids is 1. The second-order valence-electron chi connectivity index (χ2n) is 6.52. The van der Waals surface area contributed by atoms with Gasteiger partial charge in [0.05, 0.1) is 11.3 Å². The molecule has 2 aromatic carbocycles. The SMILES string of the molecule is O=C(Nc1ccccc1C(F)(F)F)N1CC[C@@H](c2ccc3c(c2)OCO3)C1. The van der Waals surface area contributed by atoms with Crippen LogP contribution in [-0.4, -0.2) is 30.8 Å². The molecule has 8 heteroatoms. The number of hydrogen-bond donors (Lipinski definition) is 1. The van der Waals surface area contributed by atoms with Crippen LogP contribution in [0.5, 0.6) is 11.5 Å². The molecule has 1 fully saturated rings. The van der Waals surface area contributed by atoms with E-state index in [0.29, 0.717) is 24.6 Å². The van der Waals surface area contributed by atoms with Gasteiger partial charge in [0.2, 0.25) is 6.79 Å². The van der Waals surface area contributed by atoms with Crippen molar-refractivity contribution in [3.05, 3.63) is 53.6 Å². The molecule has 1 saturated heterocycles. The second-order valence-corrected chi connectivity index (χ2v) is 6.52. The van der Waals surface area contributed by atoms with Crippen molar-refractivity contribution in [2.24, 2.45) is 0 Å². The van der Waals surface area contributed by atoms with Crippen LogP contribution in [0.1, 0.15) is 23.5 Å². The fourth-order valence-corrected chi connectivity index (χ4v) is 3.42. The Morgan fingerprint density at radius 1 is 1.11 bits per heavy atom. The molecule has 1 atom stereocenters. The zero-order valence-corrected chi connectivity index (χ0v) is 14.3. The van der Waals surface area contributed by atoms with Crippen molar-refractivity contribution in [1.82, 2.24) is 4.90 Å². The quantitative estimate of drug-likeness (QED) is 0.840. The Hall–Kier alpha value is -2.90. The molecule has 0 aliphatic carbocycles. The first-order chi connectivity index (χ1) is 12.9. The van der Waals surface area contributed by atoms with Gasteiger partial charge >= 0.3 is 12.2 Å². The molecular formula is C19H17F3N2O3. The van der Waals surface area contributed by atoms with Crippen LogP contribution in [-0.2, 0) is 6.18 Å². The highest BCUT2D eigenvalue weighted by molar-refractivity contribution is 5.90. The molecule has 0 saturated carbocycles. The molecule has 27 heavy (non-hydrogen) atoms. The lowest BCUT2D eigenvalue weighted by Gasteiger charge is -2.20. The van der Waals surface area contributed by atoms with Gasteiger partial charge in [-0.3, -0.25) is 0 Å². The summed E-state index contributed by atoms with van der Waals surface area (Å²) in [4.78, 5) is 14.0. The summed E-state index contributed by atoms with van der Waals surface area (Å²) in [5.41, 5.74) is -0.0726. The Morgan fingerprint density at radius 3 is 2.70 bits per heavy atom. The second kappa shape index (κ2) is 6.68. The third-order valence-corrected chi connectivity index (χ3v) is 4.82. The van der Waals surface area contributed by atoms with Gasteiger partial charge in [-0.05, 0) is 36.2 Å². The van der Waals surface area contributed by atoms with Gasteiger partial charge in [0.15, 0.2) is 11.5 Å². The number of para-hydroxylation sites is 1. The normalized spacial score (nSPS) is 18.6. The number of anilines is 1. The van der Waals surface area contributed by atoms with Crippen LogP contribution in [0.3, 0.4) is 0 Å². The first-order valence-electron chi connectivity index (χ1n) is 8.53. The number of urea groups is 1. The average molecular weight is 378 g/mol. The van der Waals surface area contributed by atoms with Crippen molar-refractivity contribution in [2.75, 3.05) is 25.2 Å². The topological polar surface area (TPSA) is 50.8 Å². The number of halogens is 3. The molecule has 2 heterocycles. The van der Waals surface area contributed by atoms with Crippen LogP contribution in [0.4, 0.5) is 23.7 Å². The van der Waals surface area contributed by atoms with E-state index in [2.05, 4.69) is 5.32 Å². The Kier molecular flexibility index (Phi) is 4.33. The summed E-state index contributed by atoms with van der Waals surface area (Å²) in [6.45, 7) is 1.09. The maximum atomic E-state index is 13.1. The van der Waals surface area contributed by atoms with E-state index in [-0.39, 0.29) is 18.4 Å². The molecule has 142 valence electrons. The Labute approximate surface area is 153 Å². The highest BCUT2D eigenvalue weighted by Crippen LogP contribution is 2.38. The summed E-state index contributed by atoms with van der Waals surface area (Å²) in [6.07, 6.45) is -3.79. The first kappa shape index (κ1) is 17.5. The van der Waals surface area contributed by atoms with Crippen LogP contribution < -0.4 is 14.8 Å². The highest BCUT2D eigenvalue weighted by Gasteiger charge is 2.35. The predicted molar refractivity (Wildman–Crippen MR) is 92.0 cm³/mol. The lowest BCUT2D eigenvalue weighted by molar-refractivity contribution is -0.136. The number of ether oxygens (including phenoxy) is 2. The van der Waals surface area contributed by atoms with Gasteiger partial charge in [-0.2, -0.15) is 13.2 Å². The first-order valence-corrected chi connectivity index (χ1v) is 8.53. The van der Waals surface area contributed by atoms with Gasteiger partial charge in [-0.15, -0.1) is 0 Å². The lowest BCUT2D eigenvalue weighted by atomic mass is 9.98. The number of hydrogen-bond acceptors (Lipinski definition) is 3. The standard InChI is InChI=1S/C19H17F3N2O3/c20-19(21,22)14-3-1-2-4-15(14)23-18(25)24-8-7-13(10-24)12-5-6-16-17(9-12)27-11-26-16/h1-6,9,13H,7-8,10-11H2,(H,23,25)/t13-/m1/s1. The molecular weight excluding hydrogens is 361 g/mol. The number of alkyl halides is 3. The van der Waals surface area contributed by atoms with Gasteiger partial charge in [0, 0.05) is 19.0 Å². The Balaban J connectivity index is 1.44. The minimum absolute atomic E-state index is 0.100. The number of fused-ring (bicyclic) bond motifs is 1. The van der Waals surface area contributed by atoms with Crippen molar-refractivity contribution in [2.45, 2.75) is 18.5 Å². The fraction of sp³-hybridized carbons (Fsp3) is 0.316. The van der Waals surface area contributed by atoms with Gasteiger partial charge in [0.25, 0.3) is 0 Å². The van der Waals surface area contributed by atoms with Gasteiger partial charge in [0.1, 0.15) is 0 Å². The third-order valence-electron chi connectivity index (χ3n) is 4.82. The highest BCUT2D eigenvalue weighted by atomic mass is 19.4. The Bertz CT molecular complexity index is 870. The van der Waals surface area contributed by atoms with E-state index in [1.165, 1.54) is 23.1 Å². The fourth-order valence-electron chi connectivity index (χ4n) is 3.42. The lowest BCUT2D eigenvalue weighted by Crippen LogP contribution is -2.33. The maximum absolute atomic E-state index is 13.1. The minimum atomic E-state index is -4.52. The van der Waals surface area contributed by atoms with E-state index in [9.17, 15) is 18.0 Å². The summed E-state index contributed by atoms with van der Waals surface area (Å²) >= 11 is 0.